The molecule has 6 heteroatoms. The van der Waals surface area contributed by atoms with Crippen LogP contribution in [0.4, 0.5) is 0 Å². The molecule has 3 aromatic rings. The minimum atomic E-state index is -0.830. The first-order valence-electron chi connectivity index (χ1n) is 9.41. The van der Waals surface area contributed by atoms with Gasteiger partial charge < -0.3 is 9.64 Å². The molecule has 0 unspecified atom stereocenters. The van der Waals surface area contributed by atoms with Crippen molar-refractivity contribution in [1.29, 1.82) is 0 Å². The molecule has 0 radical (unpaired) electrons. The lowest BCUT2D eigenvalue weighted by Crippen LogP contribution is -2.37. The van der Waals surface area contributed by atoms with Gasteiger partial charge in [-0.1, -0.05) is 60.3 Å². The molecular formula is C23H24N2O3S. The molecular weight excluding hydrogens is 384 g/mol. The van der Waals surface area contributed by atoms with Crippen molar-refractivity contribution < 1.29 is 14.3 Å². The van der Waals surface area contributed by atoms with E-state index in [9.17, 15) is 9.59 Å². The molecule has 1 aromatic heterocycles. The fraction of sp³-hybridized carbons (Fsp3) is 0.261. The van der Waals surface area contributed by atoms with Gasteiger partial charge in [0.05, 0.1) is 16.3 Å². The van der Waals surface area contributed by atoms with Gasteiger partial charge in [0.25, 0.3) is 5.91 Å². The predicted octanol–water partition coefficient (Wildman–Crippen LogP) is 4.23. The summed E-state index contributed by atoms with van der Waals surface area (Å²) < 4.78 is 5.33. The lowest BCUT2D eigenvalue weighted by atomic mass is 10.1. The van der Waals surface area contributed by atoms with Crippen LogP contribution in [0.1, 0.15) is 18.1 Å². The molecule has 2 aromatic carbocycles. The van der Waals surface area contributed by atoms with Crippen LogP contribution >= 0.6 is 11.8 Å². The first-order chi connectivity index (χ1) is 13.9. The van der Waals surface area contributed by atoms with Gasteiger partial charge in [-0.3, -0.25) is 9.59 Å². The fourth-order valence-electron chi connectivity index (χ4n) is 3.05. The van der Waals surface area contributed by atoms with Crippen LogP contribution in [-0.2, 0) is 20.9 Å². The number of rotatable bonds is 7. The Labute approximate surface area is 175 Å². The van der Waals surface area contributed by atoms with Gasteiger partial charge in [-0.05, 0) is 37.1 Å². The van der Waals surface area contributed by atoms with Crippen molar-refractivity contribution in [2.24, 2.45) is 0 Å². The van der Waals surface area contributed by atoms with Crippen LogP contribution in [0.2, 0.25) is 0 Å². The molecule has 0 saturated heterocycles. The number of pyridine rings is 1. The monoisotopic (exact) mass is 408 g/mol. The highest BCUT2D eigenvalue weighted by molar-refractivity contribution is 7.99. The van der Waals surface area contributed by atoms with Crippen molar-refractivity contribution >= 4 is 34.5 Å². The standard InChI is InChI=1S/C23H24N2O3S/c1-16-13-21(24-20-12-8-7-11-19(16)20)29-15-22(26)28-17(2)23(27)25(3)14-18-9-5-4-6-10-18/h4-13,17H,14-15H2,1-3H3/t17-/m0/s1. The van der Waals surface area contributed by atoms with E-state index in [1.54, 1.807) is 18.9 Å². The maximum Gasteiger partial charge on any atom is 0.317 e. The number of fused-ring (bicyclic) bond motifs is 1. The van der Waals surface area contributed by atoms with Crippen LogP contribution in [-0.4, -0.2) is 40.7 Å². The van der Waals surface area contributed by atoms with Crippen LogP contribution in [0.5, 0.6) is 0 Å². The van der Waals surface area contributed by atoms with Gasteiger partial charge in [-0.15, -0.1) is 0 Å². The number of ether oxygens (including phenoxy) is 1. The maximum absolute atomic E-state index is 12.5. The van der Waals surface area contributed by atoms with Crippen LogP contribution < -0.4 is 0 Å². The Balaban J connectivity index is 1.53. The summed E-state index contributed by atoms with van der Waals surface area (Å²) in [5, 5.41) is 1.86. The molecule has 0 aliphatic heterocycles. The first-order valence-corrected chi connectivity index (χ1v) is 10.4. The number of esters is 1. The molecule has 0 aliphatic rings. The smallest absolute Gasteiger partial charge is 0.317 e. The van der Waals surface area contributed by atoms with Gasteiger partial charge in [-0.25, -0.2) is 4.98 Å². The van der Waals surface area contributed by atoms with Crippen molar-refractivity contribution in [2.75, 3.05) is 12.8 Å². The number of aryl methyl sites for hydroxylation is 1. The van der Waals surface area contributed by atoms with E-state index in [2.05, 4.69) is 4.98 Å². The Kier molecular flexibility index (Phi) is 6.88. The summed E-state index contributed by atoms with van der Waals surface area (Å²) in [5.41, 5.74) is 3.03. The second-order valence-electron chi connectivity index (χ2n) is 6.90. The molecule has 1 atom stereocenters. The Morgan fingerprint density at radius 3 is 2.55 bits per heavy atom. The number of nitrogens with zero attached hydrogens (tertiary/aromatic N) is 2. The summed E-state index contributed by atoms with van der Waals surface area (Å²) in [5.74, 6) is -0.561. The third kappa shape index (κ3) is 5.57. The zero-order chi connectivity index (χ0) is 20.8. The van der Waals surface area contributed by atoms with Gasteiger partial charge in [-0.2, -0.15) is 0 Å². The molecule has 0 saturated carbocycles. The quantitative estimate of drug-likeness (QED) is 0.433. The molecule has 1 amide bonds. The zero-order valence-electron chi connectivity index (χ0n) is 16.8. The molecule has 0 aliphatic carbocycles. The second kappa shape index (κ2) is 9.56. The highest BCUT2D eigenvalue weighted by Gasteiger charge is 2.21. The van der Waals surface area contributed by atoms with Crippen LogP contribution in [0.3, 0.4) is 0 Å². The molecule has 0 fully saturated rings. The number of carbonyl (C=O) groups excluding carboxylic acids is 2. The summed E-state index contributed by atoms with van der Waals surface area (Å²) in [6.45, 7) is 4.09. The molecule has 29 heavy (non-hydrogen) atoms. The lowest BCUT2D eigenvalue weighted by Gasteiger charge is -2.21. The number of para-hydroxylation sites is 1. The molecule has 0 spiro atoms. The number of likely N-dealkylation sites (N-methyl/N-ethyl adjacent to an activating group) is 1. The Hall–Kier alpha value is -2.86. The van der Waals surface area contributed by atoms with Crippen molar-refractivity contribution in [3.05, 3.63) is 71.8 Å². The number of hydrogen-bond acceptors (Lipinski definition) is 5. The topological polar surface area (TPSA) is 59.5 Å². The number of aromatic nitrogens is 1. The van der Waals surface area contributed by atoms with E-state index < -0.39 is 12.1 Å². The summed E-state index contributed by atoms with van der Waals surface area (Å²) in [4.78, 5) is 30.8. The van der Waals surface area contributed by atoms with E-state index >= 15 is 0 Å². The SMILES string of the molecule is Cc1cc(SCC(=O)O[C@@H](C)C(=O)N(C)Cc2ccccc2)nc2ccccc12. The van der Waals surface area contributed by atoms with Crippen molar-refractivity contribution in [1.82, 2.24) is 9.88 Å². The highest BCUT2D eigenvalue weighted by atomic mass is 32.2. The minimum absolute atomic E-state index is 0.102. The Bertz CT molecular complexity index is 1010. The first kappa shape index (κ1) is 20.9. The van der Waals surface area contributed by atoms with Crippen LogP contribution in [0, 0.1) is 6.92 Å². The fourth-order valence-corrected chi connectivity index (χ4v) is 3.81. The number of amides is 1. The molecule has 5 nitrogen and oxygen atoms in total. The minimum Gasteiger partial charge on any atom is -0.452 e. The average molecular weight is 409 g/mol. The van der Waals surface area contributed by atoms with Gasteiger partial charge in [0.15, 0.2) is 6.10 Å². The normalized spacial score (nSPS) is 11.8. The number of thioether (sulfide) groups is 1. The third-order valence-electron chi connectivity index (χ3n) is 4.53. The number of benzene rings is 2. The molecule has 1 heterocycles. The highest BCUT2D eigenvalue weighted by Crippen LogP contribution is 2.23. The van der Waals surface area contributed by atoms with E-state index in [4.69, 9.17) is 4.74 Å². The van der Waals surface area contributed by atoms with Crippen LogP contribution in [0.25, 0.3) is 10.9 Å². The van der Waals surface area contributed by atoms with E-state index in [0.29, 0.717) is 6.54 Å². The molecule has 150 valence electrons. The average Bonchev–Trinajstić information content (AvgIpc) is 2.72. The largest absolute Gasteiger partial charge is 0.452 e. The predicted molar refractivity (Wildman–Crippen MR) is 116 cm³/mol. The van der Waals surface area contributed by atoms with E-state index in [1.165, 1.54) is 11.8 Å². The summed E-state index contributed by atoms with van der Waals surface area (Å²) in [6.07, 6.45) is -0.830. The summed E-state index contributed by atoms with van der Waals surface area (Å²) in [6, 6.07) is 19.6. The van der Waals surface area contributed by atoms with E-state index in [-0.39, 0.29) is 11.7 Å². The van der Waals surface area contributed by atoms with Gasteiger partial charge in [0, 0.05) is 19.0 Å². The van der Waals surface area contributed by atoms with Crippen molar-refractivity contribution in [2.45, 2.75) is 31.5 Å². The summed E-state index contributed by atoms with van der Waals surface area (Å²) >= 11 is 1.31. The van der Waals surface area contributed by atoms with Crippen molar-refractivity contribution in [3.63, 3.8) is 0 Å². The number of carbonyl (C=O) groups is 2. The van der Waals surface area contributed by atoms with Crippen molar-refractivity contribution in [3.8, 4) is 0 Å². The van der Waals surface area contributed by atoms with Crippen LogP contribution in [0.15, 0.2) is 65.7 Å². The zero-order valence-corrected chi connectivity index (χ0v) is 17.6. The van der Waals surface area contributed by atoms with Gasteiger partial charge >= 0.3 is 5.97 Å². The second-order valence-corrected chi connectivity index (χ2v) is 7.89. The third-order valence-corrected chi connectivity index (χ3v) is 5.42. The van der Waals surface area contributed by atoms with E-state index in [1.807, 2.05) is 67.6 Å². The van der Waals surface area contributed by atoms with Gasteiger partial charge in [0.2, 0.25) is 0 Å². The Morgan fingerprint density at radius 1 is 1.10 bits per heavy atom. The molecule has 0 bridgehead atoms. The maximum atomic E-state index is 12.5. The van der Waals surface area contributed by atoms with E-state index in [0.717, 1.165) is 27.1 Å². The summed E-state index contributed by atoms with van der Waals surface area (Å²) in [7, 11) is 1.70. The lowest BCUT2D eigenvalue weighted by molar-refractivity contribution is -0.156. The molecule has 3 rings (SSSR count). The van der Waals surface area contributed by atoms with Gasteiger partial charge in [0.1, 0.15) is 0 Å². The molecule has 0 N–H and O–H groups in total. The number of hydrogen-bond donors (Lipinski definition) is 0. The Morgan fingerprint density at radius 2 is 1.79 bits per heavy atom.